The maximum Gasteiger partial charge on any atom is 0.137 e. The van der Waals surface area contributed by atoms with Crippen molar-refractivity contribution < 1.29 is 9.84 Å². The van der Waals surface area contributed by atoms with Crippen LogP contribution in [0.5, 0.6) is 5.75 Å². The van der Waals surface area contributed by atoms with Gasteiger partial charge in [-0.25, -0.2) is 0 Å². The zero-order chi connectivity index (χ0) is 11.8. The second-order valence-electron chi connectivity index (χ2n) is 3.62. The Morgan fingerprint density at radius 3 is 2.88 bits per heavy atom. The number of rotatable bonds is 7. The van der Waals surface area contributed by atoms with Gasteiger partial charge in [-0.3, -0.25) is 4.98 Å². The minimum Gasteiger partial charge on any atom is -0.492 e. The molecule has 0 radical (unpaired) electrons. The van der Waals surface area contributed by atoms with E-state index in [9.17, 15) is 0 Å². The van der Waals surface area contributed by atoms with E-state index in [4.69, 9.17) is 9.84 Å². The highest BCUT2D eigenvalue weighted by molar-refractivity contribution is 5.21. The number of aromatic nitrogens is 1. The zero-order valence-corrected chi connectivity index (χ0v) is 9.94. The molecule has 90 valence electrons. The van der Waals surface area contributed by atoms with E-state index in [-0.39, 0.29) is 12.6 Å². The van der Waals surface area contributed by atoms with E-state index in [1.807, 2.05) is 12.1 Å². The summed E-state index contributed by atoms with van der Waals surface area (Å²) >= 11 is 0. The fraction of sp³-hybridized carbons (Fsp3) is 0.583. The molecule has 0 aliphatic rings. The average Bonchev–Trinajstić information content (AvgIpc) is 2.30. The quantitative estimate of drug-likeness (QED) is 0.689. The van der Waals surface area contributed by atoms with Crippen molar-refractivity contribution in [2.24, 2.45) is 0 Å². The van der Waals surface area contributed by atoms with Gasteiger partial charge >= 0.3 is 0 Å². The summed E-state index contributed by atoms with van der Waals surface area (Å²) in [5.41, 5.74) is 1.01. The topological polar surface area (TPSA) is 54.4 Å². The highest BCUT2D eigenvalue weighted by Gasteiger charge is 2.04. The highest BCUT2D eigenvalue weighted by Crippen LogP contribution is 2.14. The molecule has 1 aromatic heterocycles. The summed E-state index contributed by atoms with van der Waals surface area (Å²) in [4.78, 5) is 4.33. The summed E-state index contributed by atoms with van der Waals surface area (Å²) in [5.74, 6) is 0.751. The van der Waals surface area contributed by atoms with Gasteiger partial charge in [0.05, 0.1) is 18.5 Å². The van der Waals surface area contributed by atoms with E-state index in [2.05, 4.69) is 24.1 Å². The van der Waals surface area contributed by atoms with Crippen LogP contribution in [-0.4, -0.2) is 29.8 Å². The van der Waals surface area contributed by atoms with E-state index in [1.165, 1.54) is 0 Å². The minimum absolute atomic E-state index is 0.156. The van der Waals surface area contributed by atoms with Gasteiger partial charge in [0.2, 0.25) is 0 Å². The van der Waals surface area contributed by atoms with E-state index in [1.54, 1.807) is 6.20 Å². The van der Waals surface area contributed by atoms with Gasteiger partial charge in [0, 0.05) is 19.1 Å². The molecule has 1 unspecified atom stereocenters. The molecule has 0 saturated carbocycles. The molecule has 1 aromatic rings. The Labute approximate surface area is 96.7 Å². The lowest BCUT2D eigenvalue weighted by Crippen LogP contribution is -2.18. The normalized spacial score (nSPS) is 12.4. The number of pyridine rings is 1. The van der Waals surface area contributed by atoms with Crippen LogP contribution in [0.25, 0.3) is 0 Å². The van der Waals surface area contributed by atoms with Crippen LogP contribution in [0.4, 0.5) is 0 Å². The fourth-order valence-corrected chi connectivity index (χ4v) is 1.40. The van der Waals surface area contributed by atoms with E-state index < -0.39 is 0 Å². The largest absolute Gasteiger partial charge is 0.492 e. The van der Waals surface area contributed by atoms with Crippen LogP contribution in [0.3, 0.4) is 0 Å². The Bertz CT molecular complexity index is 288. The lowest BCUT2D eigenvalue weighted by molar-refractivity contribution is 0.233. The number of aliphatic hydroxyl groups is 1. The number of ether oxygens (including phenoxy) is 1. The number of nitrogens with one attached hydrogen (secondary N) is 1. The first kappa shape index (κ1) is 12.9. The summed E-state index contributed by atoms with van der Waals surface area (Å²) < 4.78 is 5.40. The van der Waals surface area contributed by atoms with E-state index >= 15 is 0 Å². The summed E-state index contributed by atoms with van der Waals surface area (Å²) in [6, 6.07) is 4.13. The van der Waals surface area contributed by atoms with Gasteiger partial charge in [0.25, 0.3) is 0 Å². The minimum atomic E-state index is 0.156. The number of aliphatic hydroxyl groups excluding tert-OH is 1. The monoisotopic (exact) mass is 224 g/mol. The van der Waals surface area contributed by atoms with E-state index in [0.29, 0.717) is 13.0 Å². The molecule has 4 heteroatoms. The van der Waals surface area contributed by atoms with Crippen molar-refractivity contribution in [2.75, 3.05) is 19.8 Å². The van der Waals surface area contributed by atoms with Crippen LogP contribution >= 0.6 is 0 Å². The van der Waals surface area contributed by atoms with Gasteiger partial charge < -0.3 is 15.2 Å². The summed E-state index contributed by atoms with van der Waals surface area (Å²) in [5, 5.41) is 11.9. The van der Waals surface area contributed by atoms with Gasteiger partial charge in [-0.05, 0) is 25.6 Å². The third kappa shape index (κ3) is 4.16. The summed E-state index contributed by atoms with van der Waals surface area (Å²) in [7, 11) is 0. The predicted molar refractivity (Wildman–Crippen MR) is 63.5 cm³/mol. The van der Waals surface area contributed by atoms with Crippen molar-refractivity contribution >= 4 is 0 Å². The lowest BCUT2D eigenvalue weighted by Gasteiger charge is -2.12. The molecule has 0 aromatic carbocycles. The van der Waals surface area contributed by atoms with Crippen LogP contribution in [0, 0.1) is 0 Å². The third-order valence-electron chi connectivity index (χ3n) is 2.28. The highest BCUT2D eigenvalue weighted by atomic mass is 16.5. The summed E-state index contributed by atoms with van der Waals surface area (Å²) in [6.07, 6.45) is 2.37. The first-order chi connectivity index (χ1) is 7.77. The SMILES string of the molecule is CCNC(C)c1ccc(OCCCO)cn1. The lowest BCUT2D eigenvalue weighted by atomic mass is 10.2. The van der Waals surface area contributed by atoms with Crippen molar-refractivity contribution in [3.63, 3.8) is 0 Å². The molecule has 1 rings (SSSR count). The van der Waals surface area contributed by atoms with Crippen molar-refractivity contribution in [3.05, 3.63) is 24.0 Å². The van der Waals surface area contributed by atoms with Crippen LogP contribution in [0.2, 0.25) is 0 Å². The standard InChI is InChI=1S/C12H20N2O2/c1-3-13-10(2)12-6-5-11(9-14-12)16-8-4-7-15/h5-6,9-10,13,15H,3-4,7-8H2,1-2H3. The second-order valence-corrected chi connectivity index (χ2v) is 3.62. The Morgan fingerprint density at radius 2 is 2.31 bits per heavy atom. The summed E-state index contributed by atoms with van der Waals surface area (Å²) in [6.45, 7) is 5.77. The van der Waals surface area contributed by atoms with Crippen molar-refractivity contribution in [2.45, 2.75) is 26.3 Å². The third-order valence-corrected chi connectivity index (χ3v) is 2.28. The maximum atomic E-state index is 8.62. The van der Waals surface area contributed by atoms with E-state index in [0.717, 1.165) is 18.0 Å². The number of nitrogens with zero attached hydrogens (tertiary/aromatic N) is 1. The molecule has 0 amide bonds. The van der Waals surface area contributed by atoms with Gasteiger partial charge in [0.1, 0.15) is 5.75 Å². The zero-order valence-electron chi connectivity index (χ0n) is 9.94. The van der Waals surface area contributed by atoms with Crippen molar-refractivity contribution in [1.29, 1.82) is 0 Å². The Morgan fingerprint density at radius 1 is 1.50 bits per heavy atom. The Balaban J connectivity index is 2.47. The van der Waals surface area contributed by atoms with Crippen LogP contribution < -0.4 is 10.1 Å². The molecular formula is C12H20N2O2. The van der Waals surface area contributed by atoms with Gasteiger partial charge in [-0.1, -0.05) is 6.92 Å². The van der Waals surface area contributed by atoms with Gasteiger partial charge in [-0.2, -0.15) is 0 Å². The maximum absolute atomic E-state index is 8.62. The van der Waals surface area contributed by atoms with Crippen LogP contribution in [0.1, 0.15) is 32.0 Å². The first-order valence-electron chi connectivity index (χ1n) is 5.71. The molecule has 2 N–H and O–H groups in total. The van der Waals surface area contributed by atoms with Crippen LogP contribution in [0.15, 0.2) is 18.3 Å². The molecule has 0 aliphatic heterocycles. The van der Waals surface area contributed by atoms with Crippen LogP contribution in [-0.2, 0) is 0 Å². The Hall–Kier alpha value is -1.13. The molecule has 0 bridgehead atoms. The van der Waals surface area contributed by atoms with Crippen molar-refractivity contribution in [1.82, 2.24) is 10.3 Å². The molecule has 0 fully saturated rings. The van der Waals surface area contributed by atoms with Crippen molar-refractivity contribution in [3.8, 4) is 5.75 Å². The molecule has 0 spiro atoms. The molecular weight excluding hydrogens is 204 g/mol. The average molecular weight is 224 g/mol. The number of hydrogen-bond acceptors (Lipinski definition) is 4. The predicted octanol–water partition coefficient (Wildman–Crippen LogP) is 1.51. The molecule has 16 heavy (non-hydrogen) atoms. The first-order valence-corrected chi connectivity index (χ1v) is 5.71. The molecule has 4 nitrogen and oxygen atoms in total. The molecule has 0 aliphatic carbocycles. The Kier molecular flexibility index (Phi) is 5.82. The smallest absolute Gasteiger partial charge is 0.137 e. The van der Waals surface area contributed by atoms with Gasteiger partial charge in [0.15, 0.2) is 0 Å². The molecule has 1 heterocycles. The molecule has 0 saturated heterocycles. The molecule has 1 atom stereocenters. The number of hydrogen-bond donors (Lipinski definition) is 2. The fourth-order valence-electron chi connectivity index (χ4n) is 1.40. The second kappa shape index (κ2) is 7.19. The van der Waals surface area contributed by atoms with Gasteiger partial charge in [-0.15, -0.1) is 0 Å².